The smallest absolute Gasteiger partial charge is 0.294 e. The Bertz CT molecular complexity index is 1550. The quantitative estimate of drug-likeness (QED) is 0.245. The Morgan fingerprint density at radius 2 is 1.81 bits per heavy atom. The number of nitrogens with zero attached hydrogens (tertiary/aromatic N) is 1. The summed E-state index contributed by atoms with van der Waals surface area (Å²) in [4.78, 5) is 26.5. The Labute approximate surface area is 229 Å². The number of amides is 1. The Balaban J connectivity index is 1.63. The highest BCUT2D eigenvalue weighted by molar-refractivity contribution is 6.42. The number of carbonyl (C=O) groups excluding carboxylic acids is 1. The molecule has 0 saturated heterocycles. The molecule has 192 valence electrons. The van der Waals surface area contributed by atoms with Crippen LogP contribution in [0.5, 0.6) is 11.5 Å². The van der Waals surface area contributed by atoms with Crippen molar-refractivity contribution in [3.05, 3.63) is 102 Å². The van der Waals surface area contributed by atoms with E-state index in [4.69, 9.17) is 39.5 Å². The molecule has 0 atom stereocenters. The van der Waals surface area contributed by atoms with Crippen molar-refractivity contribution >= 4 is 51.6 Å². The maximum atomic E-state index is 13.3. The second kappa shape index (κ2) is 11.5. The van der Waals surface area contributed by atoms with Crippen molar-refractivity contribution in [3.8, 4) is 11.5 Å². The largest absolute Gasteiger partial charge is 0.502 e. The molecular weight excluding hydrogens is 535 g/mol. The molecule has 1 aromatic heterocycles. The predicted molar refractivity (Wildman–Crippen MR) is 149 cm³/mol. The molecule has 0 aliphatic rings. The predicted octanol–water partition coefficient (Wildman–Crippen LogP) is 6.40. The lowest BCUT2D eigenvalue weighted by Gasteiger charge is -2.17. The molecule has 6 nitrogen and oxygen atoms in total. The lowest BCUT2D eigenvalue weighted by Crippen LogP contribution is -2.29. The molecule has 9 heteroatoms. The number of methoxy groups -OCH3 is 1. The number of aryl methyl sites for hydroxylation is 2. The first-order chi connectivity index (χ1) is 17.7. The van der Waals surface area contributed by atoms with Crippen LogP contribution < -0.4 is 15.6 Å². The van der Waals surface area contributed by atoms with Crippen molar-refractivity contribution in [2.75, 3.05) is 13.7 Å². The molecule has 0 radical (unpaired) electrons. The second-order valence-corrected chi connectivity index (χ2v) is 9.95. The third kappa shape index (κ3) is 5.87. The van der Waals surface area contributed by atoms with Crippen LogP contribution in [0.2, 0.25) is 15.1 Å². The third-order valence-corrected chi connectivity index (χ3v) is 7.08. The monoisotopic (exact) mass is 558 g/mol. The molecule has 2 N–H and O–H groups in total. The van der Waals surface area contributed by atoms with Crippen molar-refractivity contribution in [1.82, 2.24) is 9.88 Å². The van der Waals surface area contributed by atoms with Crippen molar-refractivity contribution in [2.24, 2.45) is 0 Å². The van der Waals surface area contributed by atoms with Gasteiger partial charge in [-0.2, -0.15) is 0 Å². The molecule has 1 heterocycles. The van der Waals surface area contributed by atoms with Gasteiger partial charge in [0.05, 0.1) is 34.8 Å². The third-order valence-electron chi connectivity index (χ3n) is 6.11. The van der Waals surface area contributed by atoms with E-state index in [2.05, 4.69) is 5.32 Å². The van der Waals surface area contributed by atoms with Gasteiger partial charge in [0, 0.05) is 22.5 Å². The Morgan fingerprint density at radius 1 is 1.03 bits per heavy atom. The highest BCUT2D eigenvalue weighted by atomic mass is 35.5. The van der Waals surface area contributed by atoms with Crippen LogP contribution in [-0.2, 0) is 13.0 Å². The van der Waals surface area contributed by atoms with Gasteiger partial charge < -0.3 is 19.7 Å². The summed E-state index contributed by atoms with van der Waals surface area (Å²) >= 11 is 18.2. The van der Waals surface area contributed by atoms with Crippen molar-refractivity contribution < 1.29 is 14.6 Å². The number of nitrogens with one attached hydrogen (secondary N) is 1. The minimum atomic E-state index is -0.681. The first-order valence-electron chi connectivity index (χ1n) is 11.6. The topological polar surface area (TPSA) is 80.6 Å². The lowest BCUT2D eigenvalue weighted by atomic mass is 10.0. The molecule has 1 amide bonds. The maximum absolute atomic E-state index is 13.3. The molecule has 37 heavy (non-hydrogen) atoms. The summed E-state index contributed by atoms with van der Waals surface area (Å²) in [5.74, 6) is -0.576. The van der Waals surface area contributed by atoms with E-state index in [-0.39, 0.29) is 12.1 Å². The van der Waals surface area contributed by atoms with E-state index in [0.29, 0.717) is 56.7 Å². The molecule has 0 aliphatic carbocycles. The number of aromatic hydroxyl groups is 1. The summed E-state index contributed by atoms with van der Waals surface area (Å²) in [6.45, 7) is 2.32. The van der Waals surface area contributed by atoms with Gasteiger partial charge in [0.15, 0.2) is 5.75 Å². The van der Waals surface area contributed by atoms with E-state index in [0.717, 1.165) is 11.1 Å². The minimum absolute atomic E-state index is 0.0486. The number of pyridine rings is 1. The Morgan fingerprint density at radius 3 is 2.54 bits per heavy atom. The van der Waals surface area contributed by atoms with Gasteiger partial charge in [-0.05, 0) is 67.8 Å². The highest BCUT2D eigenvalue weighted by Gasteiger charge is 2.22. The minimum Gasteiger partial charge on any atom is -0.502 e. The summed E-state index contributed by atoms with van der Waals surface area (Å²) in [7, 11) is 1.53. The molecular formula is C28H25Cl3N2O4. The highest BCUT2D eigenvalue weighted by Crippen LogP contribution is 2.29. The van der Waals surface area contributed by atoms with Crippen molar-refractivity contribution in [3.63, 3.8) is 0 Å². The van der Waals surface area contributed by atoms with Gasteiger partial charge in [-0.15, -0.1) is 0 Å². The molecule has 4 aromatic rings. The SMILES string of the molecule is COc1ccc(Cl)cc1Cn1c(=O)c(O)c(C(=O)NCCCc2ccc(Cl)c(Cl)c2)c2cc(C)ccc21. The standard InChI is InChI=1S/C28H25Cl3N2O4/c1-16-5-9-23-20(12-16)25(27(35)32-11-3-4-17-6-8-21(30)22(31)13-17)26(34)28(36)33(23)15-18-14-19(29)7-10-24(18)37-2/h5-10,12-14,34H,3-4,11,15H2,1-2H3,(H,32,35). The van der Waals surface area contributed by atoms with E-state index in [1.165, 1.54) is 11.7 Å². The van der Waals surface area contributed by atoms with Gasteiger partial charge in [0.1, 0.15) is 5.75 Å². The summed E-state index contributed by atoms with van der Waals surface area (Å²) in [5.41, 5.74) is 2.32. The van der Waals surface area contributed by atoms with Crippen LogP contribution in [0, 0.1) is 6.92 Å². The number of benzene rings is 3. The maximum Gasteiger partial charge on any atom is 0.294 e. The van der Waals surface area contributed by atoms with Crippen LogP contribution in [0.4, 0.5) is 0 Å². The van der Waals surface area contributed by atoms with Gasteiger partial charge in [-0.25, -0.2) is 0 Å². The first kappa shape index (κ1) is 26.9. The van der Waals surface area contributed by atoms with E-state index >= 15 is 0 Å². The van der Waals surface area contributed by atoms with Crippen LogP contribution in [0.3, 0.4) is 0 Å². The number of hydrogen-bond donors (Lipinski definition) is 2. The van der Waals surface area contributed by atoms with Gasteiger partial charge in [-0.1, -0.05) is 52.5 Å². The molecule has 0 spiro atoms. The number of hydrogen-bond acceptors (Lipinski definition) is 4. The fraction of sp³-hybridized carbons (Fsp3) is 0.214. The van der Waals surface area contributed by atoms with E-state index in [1.54, 1.807) is 42.5 Å². The summed E-state index contributed by atoms with van der Waals surface area (Å²) in [6, 6.07) is 15.9. The number of halogens is 3. The number of rotatable bonds is 8. The number of aromatic nitrogens is 1. The Kier molecular flexibility index (Phi) is 8.32. The number of carbonyl (C=O) groups is 1. The van der Waals surface area contributed by atoms with Crippen LogP contribution >= 0.6 is 34.8 Å². The first-order valence-corrected chi connectivity index (χ1v) is 12.7. The van der Waals surface area contributed by atoms with Gasteiger partial charge in [0.2, 0.25) is 0 Å². The molecule has 0 aliphatic heterocycles. The average Bonchev–Trinajstić information content (AvgIpc) is 2.87. The number of fused-ring (bicyclic) bond motifs is 1. The van der Waals surface area contributed by atoms with Crippen LogP contribution in [0.25, 0.3) is 10.9 Å². The molecule has 3 aromatic carbocycles. The van der Waals surface area contributed by atoms with E-state index in [1.807, 2.05) is 19.1 Å². The van der Waals surface area contributed by atoms with Crippen LogP contribution in [0.15, 0.2) is 59.4 Å². The van der Waals surface area contributed by atoms with Crippen LogP contribution in [-0.4, -0.2) is 29.2 Å². The van der Waals surface area contributed by atoms with Gasteiger partial charge in [0.25, 0.3) is 11.5 Å². The summed E-state index contributed by atoms with van der Waals surface area (Å²) < 4.78 is 6.84. The van der Waals surface area contributed by atoms with Crippen molar-refractivity contribution in [1.29, 1.82) is 0 Å². The molecule has 0 unspecified atom stereocenters. The Hall–Kier alpha value is -3.19. The van der Waals surface area contributed by atoms with Crippen LogP contribution in [0.1, 0.15) is 33.5 Å². The zero-order valence-corrected chi connectivity index (χ0v) is 22.5. The zero-order valence-electron chi connectivity index (χ0n) is 20.3. The van der Waals surface area contributed by atoms with Crippen molar-refractivity contribution in [2.45, 2.75) is 26.3 Å². The summed E-state index contributed by atoms with van der Waals surface area (Å²) in [5, 5.41) is 15.7. The summed E-state index contributed by atoms with van der Waals surface area (Å²) in [6.07, 6.45) is 1.30. The molecule has 4 rings (SSSR count). The normalized spacial score (nSPS) is 11.1. The fourth-order valence-electron chi connectivity index (χ4n) is 4.26. The number of ether oxygens (including phenoxy) is 1. The molecule has 0 bridgehead atoms. The zero-order chi connectivity index (χ0) is 26.7. The van der Waals surface area contributed by atoms with Gasteiger partial charge in [-0.3, -0.25) is 9.59 Å². The fourth-order valence-corrected chi connectivity index (χ4v) is 4.78. The lowest BCUT2D eigenvalue weighted by molar-refractivity contribution is 0.0952. The second-order valence-electron chi connectivity index (χ2n) is 8.70. The van der Waals surface area contributed by atoms with E-state index < -0.39 is 17.2 Å². The molecule has 0 fully saturated rings. The molecule has 0 saturated carbocycles. The average molecular weight is 560 g/mol. The van der Waals surface area contributed by atoms with E-state index in [9.17, 15) is 14.7 Å². The van der Waals surface area contributed by atoms with Gasteiger partial charge >= 0.3 is 0 Å².